The Labute approximate surface area is 157 Å². The molecule has 0 aliphatic rings. The fourth-order valence-corrected chi connectivity index (χ4v) is 3.44. The van der Waals surface area contributed by atoms with E-state index in [2.05, 4.69) is 20.0 Å². The molecule has 27 heavy (non-hydrogen) atoms. The number of aromatic nitrogens is 2. The minimum atomic E-state index is -3.69. The van der Waals surface area contributed by atoms with Crippen molar-refractivity contribution in [1.82, 2.24) is 14.7 Å². The maximum atomic E-state index is 12.6. The smallest absolute Gasteiger partial charge is 0.240 e. The van der Waals surface area contributed by atoms with Gasteiger partial charge in [-0.3, -0.25) is 0 Å². The lowest BCUT2D eigenvalue weighted by Crippen LogP contribution is -2.23. The zero-order chi connectivity index (χ0) is 19.3. The van der Waals surface area contributed by atoms with Crippen LogP contribution in [-0.4, -0.2) is 25.5 Å². The summed E-state index contributed by atoms with van der Waals surface area (Å²) in [5.41, 5.74) is 6.91. The van der Waals surface area contributed by atoms with Crippen LogP contribution in [0.15, 0.2) is 65.7 Å². The lowest BCUT2D eigenvalue weighted by atomic mass is 10.2. The van der Waals surface area contributed by atoms with Gasteiger partial charge in [0.2, 0.25) is 16.0 Å². The minimum Gasteiger partial charge on any atom is -0.497 e. The number of hydrogen-bond donors (Lipinski definition) is 3. The Morgan fingerprint density at radius 1 is 1.11 bits per heavy atom. The third-order valence-corrected chi connectivity index (χ3v) is 5.09. The molecule has 0 unspecified atom stereocenters. The van der Waals surface area contributed by atoms with E-state index in [1.165, 1.54) is 18.3 Å². The van der Waals surface area contributed by atoms with E-state index in [1.807, 2.05) is 6.07 Å². The van der Waals surface area contributed by atoms with Gasteiger partial charge in [-0.2, -0.15) is 4.98 Å². The molecule has 0 radical (unpaired) electrons. The first-order valence-electron chi connectivity index (χ1n) is 8.04. The molecule has 1 aromatic heterocycles. The van der Waals surface area contributed by atoms with Gasteiger partial charge in [0.05, 0.1) is 12.0 Å². The van der Waals surface area contributed by atoms with Gasteiger partial charge >= 0.3 is 0 Å². The number of benzene rings is 2. The number of methoxy groups -OCH3 is 1. The van der Waals surface area contributed by atoms with Crippen LogP contribution >= 0.6 is 0 Å². The lowest BCUT2D eigenvalue weighted by Gasteiger charge is -2.10. The van der Waals surface area contributed by atoms with Crippen LogP contribution in [0.4, 0.5) is 17.5 Å². The van der Waals surface area contributed by atoms with Crippen molar-refractivity contribution in [2.75, 3.05) is 18.2 Å². The number of nitrogens with two attached hydrogens (primary N) is 1. The number of anilines is 3. The van der Waals surface area contributed by atoms with Crippen LogP contribution in [0.2, 0.25) is 0 Å². The monoisotopic (exact) mass is 385 g/mol. The maximum absolute atomic E-state index is 12.6. The molecule has 3 aromatic rings. The van der Waals surface area contributed by atoms with E-state index in [1.54, 1.807) is 43.5 Å². The van der Waals surface area contributed by atoms with Gasteiger partial charge in [-0.25, -0.2) is 18.1 Å². The number of hydrogen-bond acceptors (Lipinski definition) is 7. The fourth-order valence-electron chi connectivity index (χ4n) is 2.38. The topological polar surface area (TPSA) is 119 Å². The highest BCUT2D eigenvalue weighted by molar-refractivity contribution is 7.89. The van der Waals surface area contributed by atoms with Gasteiger partial charge in [-0.1, -0.05) is 18.2 Å². The molecule has 0 bridgehead atoms. The molecular formula is C18H19N5O3S. The number of nitrogens with zero attached hydrogens (tertiary/aromatic N) is 2. The van der Waals surface area contributed by atoms with Gasteiger partial charge in [0.1, 0.15) is 11.6 Å². The molecule has 0 fully saturated rings. The lowest BCUT2D eigenvalue weighted by molar-refractivity contribution is 0.414. The van der Waals surface area contributed by atoms with Crippen molar-refractivity contribution in [2.45, 2.75) is 11.4 Å². The van der Waals surface area contributed by atoms with Crippen molar-refractivity contribution in [3.05, 3.63) is 66.4 Å². The molecule has 3 rings (SSSR count). The standard InChI is InChI=1S/C18H19N5O3S/c1-26-15-6-2-4-13(10-15)12-21-27(24,25)16-7-3-5-14(11-16)22-17-8-9-20-18(19)23-17/h2-11,21H,12H2,1H3,(H3,19,20,22,23). The van der Waals surface area contributed by atoms with E-state index in [9.17, 15) is 8.42 Å². The molecule has 0 aliphatic heterocycles. The molecule has 0 saturated carbocycles. The highest BCUT2D eigenvalue weighted by Gasteiger charge is 2.14. The second-order valence-corrected chi connectivity index (χ2v) is 7.40. The molecule has 0 amide bonds. The SMILES string of the molecule is COc1cccc(CNS(=O)(=O)c2cccc(Nc3ccnc(N)n3)c2)c1. The summed E-state index contributed by atoms with van der Waals surface area (Å²) < 4.78 is 32.9. The van der Waals surface area contributed by atoms with Crippen molar-refractivity contribution < 1.29 is 13.2 Å². The molecule has 0 saturated heterocycles. The van der Waals surface area contributed by atoms with Crippen LogP contribution < -0.4 is 20.5 Å². The van der Waals surface area contributed by atoms with Crippen LogP contribution in [0.5, 0.6) is 5.75 Å². The first-order valence-corrected chi connectivity index (χ1v) is 9.53. The highest BCUT2D eigenvalue weighted by atomic mass is 32.2. The normalized spacial score (nSPS) is 11.1. The van der Waals surface area contributed by atoms with Gasteiger partial charge in [-0.15, -0.1) is 0 Å². The minimum absolute atomic E-state index is 0.128. The molecule has 8 nitrogen and oxygen atoms in total. The Hall–Kier alpha value is -3.17. The molecule has 9 heteroatoms. The predicted octanol–water partition coefficient (Wildman–Crippen LogP) is 2.29. The Balaban J connectivity index is 1.74. The largest absolute Gasteiger partial charge is 0.497 e. The van der Waals surface area contributed by atoms with Crippen LogP contribution in [0.3, 0.4) is 0 Å². The fraction of sp³-hybridized carbons (Fsp3) is 0.111. The predicted molar refractivity (Wildman–Crippen MR) is 103 cm³/mol. The van der Waals surface area contributed by atoms with Crippen LogP contribution in [0, 0.1) is 0 Å². The van der Waals surface area contributed by atoms with Gasteiger partial charge in [0, 0.05) is 18.4 Å². The number of rotatable bonds is 7. The van der Waals surface area contributed by atoms with Gasteiger partial charge in [-0.05, 0) is 42.0 Å². The first kappa shape index (κ1) is 18.6. The number of ether oxygens (including phenoxy) is 1. The average molecular weight is 385 g/mol. The Morgan fingerprint density at radius 3 is 2.70 bits per heavy atom. The highest BCUT2D eigenvalue weighted by Crippen LogP contribution is 2.20. The molecule has 1 heterocycles. The van der Waals surface area contributed by atoms with Gasteiger partial charge < -0.3 is 15.8 Å². The Kier molecular flexibility index (Phi) is 5.53. The quantitative estimate of drug-likeness (QED) is 0.571. The van der Waals surface area contributed by atoms with E-state index in [-0.39, 0.29) is 17.4 Å². The van der Waals surface area contributed by atoms with E-state index < -0.39 is 10.0 Å². The van der Waals surface area contributed by atoms with E-state index in [0.717, 1.165) is 5.56 Å². The van der Waals surface area contributed by atoms with Crippen LogP contribution in [0.25, 0.3) is 0 Å². The Morgan fingerprint density at radius 2 is 1.93 bits per heavy atom. The van der Waals surface area contributed by atoms with Crippen molar-refractivity contribution in [3.8, 4) is 5.75 Å². The summed E-state index contributed by atoms with van der Waals surface area (Å²) >= 11 is 0. The number of sulfonamides is 1. The average Bonchev–Trinajstić information content (AvgIpc) is 2.67. The second-order valence-electron chi connectivity index (χ2n) is 5.63. The van der Waals surface area contributed by atoms with Crippen molar-refractivity contribution in [3.63, 3.8) is 0 Å². The van der Waals surface area contributed by atoms with E-state index >= 15 is 0 Å². The third kappa shape index (κ3) is 4.93. The van der Waals surface area contributed by atoms with Crippen LogP contribution in [-0.2, 0) is 16.6 Å². The molecular weight excluding hydrogens is 366 g/mol. The van der Waals surface area contributed by atoms with Gasteiger partial charge in [0.15, 0.2) is 0 Å². The summed E-state index contributed by atoms with van der Waals surface area (Å²) in [4.78, 5) is 7.98. The zero-order valence-electron chi connectivity index (χ0n) is 14.6. The molecule has 0 atom stereocenters. The molecule has 0 aliphatic carbocycles. The van der Waals surface area contributed by atoms with Gasteiger partial charge in [0.25, 0.3) is 0 Å². The summed E-state index contributed by atoms with van der Waals surface area (Å²) in [5.74, 6) is 1.27. The van der Waals surface area contributed by atoms with E-state index in [4.69, 9.17) is 10.5 Å². The van der Waals surface area contributed by atoms with Crippen molar-refractivity contribution in [1.29, 1.82) is 0 Å². The summed E-state index contributed by atoms with van der Waals surface area (Å²) in [6.07, 6.45) is 1.51. The molecule has 4 N–H and O–H groups in total. The summed E-state index contributed by atoms with van der Waals surface area (Å²) in [7, 11) is -2.13. The van der Waals surface area contributed by atoms with E-state index in [0.29, 0.717) is 17.3 Å². The van der Waals surface area contributed by atoms with Crippen molar-refractivity contribution in [2.24, 2.45) is 0 Å². The molecule has 0 spiro atoms. The number of nitrogen functional groups attached to an aromatic ring is 1. The maximum Gasteiger partial charge on any atom is 0.240 e. The molecule has 140 valence electrons. The van der Waals surface area contributed by atoms with Crippen LogP contribution in [0.1, 0.15) is 5.56 Å². The van der Waals surface area contributed by atoms with Crippen molar-refractivity contribution >= 4 is 27.5 Å². The third-order valence-electron chi connectivity index (χ3n) is 3.69. The Bertz CT molecular complexity index is 1040. The summed E-state index contributed by atoms with van der Waals surface area (Å²) in [6.45, 7) is 0.152. The molecule has 2 aromatic carbocycles. The first-order chi connectivity index (χ1) is 13.0. The number of nitrogens with one attached hydrogen (secondary N) is 2. The summed E-state index contributed by atoms with van der Waals surface area (Å²) in [5, 5.41) is 3.01. The zero-order valence-corrected chi connectivity index (χ0v) is 15.4. The summed E-state index contributed by atoms with van der Waals surface area (Å²) in [6, 6.07) is 15.3. The second kappa shape index (κ2) is 8.02.